The second kappa shape index (κ2) is 33.7. The fraction of sp³-hybridized carbons (Fsp3) is 0.0571. The third-order valence-electron chi connectivity index (χ3n) is 32.0. The summed E-state index contributed by atoms with van der Waals surface area (Å²) in [7, 11) is 0. The number of fused-ring (bicyclic) bond motifs is 25. The quantitative estimate of drug-likeness (QED) is 0.0912. The van der Waals surface area contributed by atoms with Crippen molar-refractivity contribution >= 4 is 43.6 Å². The van der Waals surface area contributed by atoms with Gasteiger partial charge in [-0.15, -0.1) is 0 Å². The minimum Gasteiger partial charge on any atom is -0.336 e. The van der Waals surface area contributed by atoms with Crippen molar-refractivity contribution in [1.29, 1.82) is 0 Å². The van der Waals surface area contributed by atoms with Crippen LogP contribution in [0.5, 0.6) is 0 Å². The minimum atomic E-state index is -0.578. The first-order valence-electron chi connectivity index (χ1n) is 50.1. The lowest BCUT2D eigenvalue weighted by Crippen LogP contribution is -2.29. The fourth-order valence-electron chi connectivity index (χ4n) is 25.8. The van der Waals surface area contributed by atoms with E-state index >= 15 is 0 Å². The van der Waals surface area contributed by atoms with E-state index in [1.807, 2.05) is 0 Å². The van der Waals surface area contributed by atoms with Crippen LogP contribution < -0.4 is 0 Å². The van der Waals surface area contributed by atoms with Crippen molar-refractivity contribution in [3.8, 4) is 122 Å². The molecule has 5 aliphatic rings. The molecule has 29 rings (SSSR count). The van der Waals surface area contributed by atoms with E-state index in [2.05, 4.69) is 531 Å². The molecule has 0 amide bonds. The van der Waals surface area contributed by atoms with E-state index in [-0.39, 0.29) is 11.8 Å². The maximum Gasteiger partial charge on any atom is 0.0726 e. The van der Waals surface area contributed by atoms with E-state index in [4.69, 9.17) is 0 Å². The smallest absolute Gasteiger partial charge is 0.0726 e. The second-order valence-corrected chi connectivity index (χ2v) is 39.4. The molecule has 24 aromatic rings. The first-order chi connectivity index (χ1) is 70.4. The van der Waals surface area contributed by atoms with Crippen LogP contribution >= 0.6 is 0 Å². The monoisotopic (exact) mass is 1800 g/mol. The summed E-state index contributed by atoms with van der Waals surface area (Å²) in [6.07, 6.45) is 1.86. The van der Waals surface area contributed by atoms with Crippen LogP contribution in [0, 0.1) is 0 Å². The zero-order valence-corrected chi connectivity index (χ0v) is 78.5. The molecule has 0 saturated heterocycles. The van der Waals surface area contributed by atoms with Crippen LogP contribution in [0.25, 0.3) is 166 Å². The molecule has 0 atom stereocenters. The average molecular weight is 1810 g/mol. The van der Waals surface area contributed by atoms with E-state index in [1.54, 1.807) is 0 Å². The molecule has 0 unspecified atom stereocenters. The van der Waals surface area contributed by atoms with E-state index in [1.165, 1.54) is 255 Å². The summed E-state index contributed by atoms with van der Waals surface area (Å²) in [5.74, 6) is 0.545. The SMILES string of the molecule is c1ccc(-c2ccc3c(c2)C2(c4cc(-c5ccccc5)ccc4-c4c(CC5c6ccccc6-c6ccccc65)cccc42)c2cccc(CC4c5ccccc5-c5ccccc54)c2-3)cc1.c1ccc(-c2ccc3c(c2)c2cc(-c4ccccc4)ccc2n3Cc2ccc3c(c2)C(c2ccccc2)(c2ccccc2)c2cc(Cn4c5ccc(-c6ccccc6)cc5c5cc(-c6ccccc6)ccc54)ccc2-3)cc1. The molecule has 0 radical (unpaired) electrons. The molecule has 2 heteroatoms. The molecule has 22 aromatic carbocycles. The van der Waals surface area contributed by atoms with Gasteiger partial charge in [0.05, 0.1) is 10.8 Å². The lowest BCUT2D eigenvalue weighted by Gasteiger charge is -2.34. The van der Waals surface area contributed by atoms with Crippen molar-refractivity contribution in [2.24, 2.45) is 0 Å². The number of nitrogens with zero attached hydrogens (tertiary/aromatic N) is 2. The number of aromatic nitrogens is 2. The lowest BCUT2D eigenvalue weighted by molar-refractivity contribution is 0.759. The molecule has 2 aromatic heterocycles. The van der Waals surface area contributed by atoms with Crippen LogP contribution in [-0.4, -0.2) is 9.13 Å². The Kier molecular flexibility index (Phi) is 19.6. The molecule has 0 aliphatic heterocycles. The van der Waals surface area contributed by atoms with Gasteiger partial charge < -0.3 is 9.13 Å². The van der Waals surface area contributed by atoms with Gasteiger partial charge in [0, 0.05) is 68.5 Å². The summed E-state index contributed by atoms with van der Waals surface area (Å²) in [4.78, 5) is 0. The van der Waals surface area contributed by atoms with Gasteiger partial charge in [0.25, 0.3) is 0 Å². The Balaban J connectivity index is 0.000000141. The van der Waals surface area contributed by atoms with Crippen LogP contribution in [0.3, 0.4) is 0 Å². The maximum absolute atomic E-state index is 2.55. The predicted molar refractivity (Wildman–Crippen MR) is 591 cm³/mol. The molecule has 2 nitrogen and oxygen atoms in total. The fourth-order valence-corrected chi connectivity index (χ4v) is 25.8. The first kappa shape index (κ1) is 82.7. The van der Waals surface area contributed by atoms with Crippen LogP contribution in [0.15, 0.2) is 522 Å². The van der Waals surface area contributed by atoms with Gasteiger partial charge in [0.1, 0.15) is 0 Å². The molecule has 1 spiro atoms. The highest BCUT2D eigenvalue weighted by molar-refractivity contribution is 6.13. The second-order valence-electron chi connectivity index (χ2n) is 39.4. The number of hydrogen-bond donors (Lipinski definition) is 0. The molecule has 5 aliphatic carbocycles. The molecular formula is C140H96N2. The summed E-state index contributed by atoms with van der Waals surface area (Å²) in [5.41, 5.74) is 53.9. The van der Waals surface area contributed by atoms with E-state index < -0.39 is 10.8 Å². The first-order valence-corrected chi connectivity index (χ1v) is 50.1. The molecule has 666 valence electrons. The topological polar surface area (TPSA) is 9.86 Å². The molecule has 0 saturated carbocycles. The van der Waals surface area contributed by atoms with Crippen molar-refractivity contribution < 1.29 is 0 Å². The van der Waals surface area contributed by atoms with Gasteiger partial charge in [-0.3, -0.25) is 0 Å². The maximum atomic E-state index is 2.55. The highest BCUT2D eigenvalue weighted by Crippen LogP contribution is 2.67. The normalized spacial score (nSPS) is 13.4. The van der Waals surface area contributed by atoms with Gasteiger partial charge in [0.2, 0.25) is 0 Å². The standard InChI is InChI=1S/C75H52N2.C65H44/c1-7-19-53(20-8-1)57-33-39-71-65(45-57)66-46-58(54-21-9-2-10-22-54)34-40-72(66)76(71)49-51-31-37-63-64-38-32-52(44-70(64)75(69(63)43-51,61-27-15-5-16-28-61)62-29-17-6-18-30-62)50-77-73-41-35-59(55-23-11-3-12-24-55)47-67(73)68-48-60(36-42-74(68)77)56-25-13-4-14-26-56;1-3-17-41(18-4-1)43-33-35-55-61(39-43)65(59-31-15-21-45(63(55)59)37-57-51-27-11-7-23-47(51)48-24-8-12-28-52(48)57)60-32-16-22-46(38-58-53-29-13-9-25-49(53)50-26-10-14-30-54(50)58)64(60)56-36-34-44(40-62(56)65)42-19-5-2-6-20-42/h1-48H,49-50H2;1-36,39-40,57-58H,37-38H2. The largest absolute Gasteiger partial charge is 0.336 e. The van der Waals surface area contributed by atoms with Gasteiger partial charge in [0.15, 0.2) is 0 Å². The minimum absolute atomic E-state index is 0.272. The molecule has 142 heavy (non-hydrogen) atoms. The van der Waals surface area contributed by atoms with Crippen LogP contribution in [0.4, 0.5) is 0 Å². The number of hydrogen-bond acceptors (Lipinski definition) is 0. The zero-order chi connectivity index (χ0) is 93.5. The molecule has 2 heterocycles. The van der Waals surface area contributed by atoms with Crippen molar-refractivity contribution in [3.05, 3.63) is 611 Å². The van der Waals surface area contributed by atoms with Gasteiger partial charge in [-0.2, -0.15) is 0 Å². The third kappa shape index (κ3) is 13.2. The van der Waals surface area contributed by atoms with Crippen molar-refractivity contribution in [2.45, 2.75) is 48.6 Å². The Morgan fingerprint density at radius 2 is 0.423 bits per heavy atom. The summed E-state index contributed by atoms with van der Waals surface area (Å²) >= 11 is 0. The molecule has 0 bridgehead atoms. The lowest BCUT2D eigenvalue weighted by atomic mass is 9.67. The Morgan fingerprint density at radius 1 is 0.169 bits per heavy atom. The summed E-state index contributed by atoms with van der Waals surface area (Å²) in [5, 5.41) is 5.05. The van der Waals surface area contributed by atoms with E-state index in [9.17, 15) is 0 Å². The molecule has 0 N–H and O–H groups in total. The Morgan fingerprint density at radius 3 is 0.725 bits per heavy atom. The summed E-state index contributed by atoms with van der Waals surface area (Å²) in [6.45, 7) is 1.44. The van der Waals surface area contributed by atoms with E-state index in [0.717, 1.165) is 25.9 Å². The number of benzene rings is 22. The Hall–Kier alpha value is -17.6. The van der Waals surface area contributed by atoms with Crippen LogP contribution in [-0.2, 0) is 36.8 Å². The Bertz CT molecular complexity index is 8310. The van der Waals surface area contributed by atoms with Crippen molar-refractivity contribution in [1.82, 2.24) is 9.13 Å². The summed E-state index contributed by atoms with van der Waals surface area (Å²) in [6, 6.07) is 196. The van der Waals surface area contributed by atoms with Gasteiger partial charge in [-0.25, -0.2) is 0 Å². The summed E-state index contributed by atoms with van der Waals surface area (Å²) < 4.78 is 5.08. The highest BCUT2D eigenvalue weighted by Gasteiger charge is 2.54. The van der Waals surface area contributed by atoms with Gasteiger partial charge in [-0.1, -0.05) is 461 Å². The van der Waals surface area contributed by atoms with Crippen LogP contribution in [0.1, 0.15) is 101 Å². The van der Waals surface area contributed by atoms with Crippen molar-refractivity contribution in [3.63, 3.8) is 0 Å². The molecule has 0 fully saturated rings. The molecular weight excluding hydrogens is 1710 g/mol. The third-order valence-corrected chi connectivity index (χ3v) is 32.0. The predicted octanol–water partition coefficient (Wildman–Crippen LogP) is 35.1. The van der Waals surface area contributed by atoms with Crippen molar-refractivity contribution in [2.75, 3.05) is 0 Å². The average Bonchev–Trinajstić information content (AvgIpc) is 1.50. The van der Waals surface area contributed by atoms with E-state index in [0.29, 0.717) is 0 Å². The number of rotatable bonds is 16. The van der Waals surface area contributed by atoms with Gasteiger partial charge >= 0.3 is 0 Å². The highest BCUT2D eigenvalue weighted by atomic mass is 15.0. The van der Waals surface area contributed by atoms with Crippen LogP contribution in [0.2, 0.25) is 0 Å². The zero-order valence-electron chi connectivity index (χ0n) is 78.5. The Labute approximate surface area is 828 Å². The van der Waals surface area contributed by atoms with Gasteiger partial charge in [-0.05, 0) is 285 Å².